The summed E-state index contributed by atoms with van der Waals surface area (Å²) in [6.07, 6.45) is 4.82. The van der Waals surface area contributed by atoms with Crippen LogP contribution in [-0.2, 0) is 6.42 Å². The van der Waals surface area contributed by atoms with Gasteiger partial charge in [0.15, 0.2) is 0 Å². The average Bonchev–Trinajstić information content (AvgIpc) is 2.48. The standard InChI is InChI=1S/C18H28BrNO/c1-5-11-20(12-6-2)16-9-7-14-17(21-4)10-8-15(19)18(14)13(16)3/h8,10,13,16H,5-7,9,11-12H2,1-4H3. The average molecular weight is 354 g/mol. The normalized spacial score (nSPS) is 21.4. The second-order valence-electron chi connectivity index (χ2n) is 6.07. The van der Waals surface area contributed by atoms with Gasteiger partial charge >= 0.3 is 0 Å². The number of hydrogen-bond acceptors (Lipinski definition) is 2. The van der Waals surface area contributed by atoms with E-state index in [1.807, 2.05) is 0 Å². The van der Waals surface area contributed by atoms with Crippen molar-refractivity contribution in [2.24, 2.45) is 0 Å². The summed E-state index contributed by atoms with van der Waals surface area (Å²) in [7, 11) is 1.78. The summed E-state index contributed by atoms with van der Waals surface area (Å²) in [5, 5.41) is 0. The fraction of sp³-hybridized carbons (Fsp3) is 0.667. The number of benzene rings is 1. The molecule has 1 aliphatic carbocycles. The largest absolute Gasteiger partial charge is 0.496 e. The Hall–Kier alpha value is -0.540. The topological polar surface area (TPSA) is 12.5 Å². The van der Waals surface area contributed by atoms with Crippen LogP contribution in [0.5, 0.6) is 5.75 Å². The van der Waals surface area contributed by atoms with Crippen LogP contribution >= 0.6 is 15.9 Å². The third-order valence-electron chi connectivity index (χ3n) is 4.69. The highest BCUT2D eigenvalue weighted by molar-refractivity contribution is 9.10. The fourth-order valence-electron chi connectivity index (χ4n) is 3.81. The summed E-state index contributed by atoms with van der Waals surface area (Å²) in [5.74, 6) is 1.60. The number of halogens is 1. The van der Waals surface area contributed by atoms with Gasteiger partial charge in [-0.2, -0.15) is 0 Å². The molecule has 0 fully saturated rings. The lowest BCUT2D eigenvalue weighted by molar-refractivity contribution is 0.158. The molecule has 0 amide bonds. The van der Waals surface area contributed by atoms with Crippen molar-refractivity contribution in [3.05, 3.63) is 27.7 Å². The van der Waals surface area contributed by atoms with E-state index in [1.165, 1.54) is 48.0 Å². The molecule has 21 heavy (non-hydrogen) atoms. The summed E-state index contributed by atoms with van der Waals surface area (Å²) in [4.78, 5) is 2.69. The summed E-state index contributed by atoms with van der Waals surface area (Å²) >= 11 is 3.77. The molecule has 0 N–H and O–H groups in total. The molecule has 118 valence electrons. The van der Waals surface area contributed by atoms with E-state index in [2.05, 4.69) is 53.7 Å². The van der Waals surface area contributed by atoms with Gasteiger partial charge in [-0.15, -0.1) is 0 Å². The number of rotatable bonds is 6. The Morgan fingerprint density at radius 1 is 1.24 bits per heavy atom. The maximum atomic E-state index is 5.57. The first kappa shape index (κ1) is 16.8. The van der Waals surface area contributed by atoms with Gasteiger partial charge in [0.25, 0.3) is 0 Å². The number of methoxy groups -OCH3 is 1. The molecule has 0 spiro atoms. The van der Waals surface area contributed by atoms with E-state index in [0.717, 1.165) is 12.2 Å². The van der Waals surface area contributed by atoms with E-state index in [1.54, 1.807) is 7.11 Å². The molecule has 3 heteroatoms. The predicted octanol–water partition coefficient (Wildman–Crippen LogP) is 5.00. The fourth-order valence-corrected chi connectivity index (χ4v) is 4.54. The van der Waals surface area contributed by atoms with Crippen molar-refractivity contribution in [2.45, 2.75) is 58.4 Å². The summed E-state index contributed by atoms with van der Waals surface area (Å²) in [6, 6.07) is 4.88. The SMILES string of the molecule is CCCN(CCC)C1CCc2c(OC)ccc(Br)c2C1C. The molecule has 2 atom stereocenters. The Balaban J connectivity index is 2.32. The van der Waals surface area contributed by atoms with Crippen LogP contribution in [0.2, 0.25) is 0 Å². The molecule has 0 saturated carbocycles. The van der Waals surface area contributed by atoms with Crippen molar-refractivity contribution in [1.82, 2.24) is 4.90 Å². The molecular weight excluding hydrogens is 326 g/mol. The smallest absolute Gasteiger partial charge is 0.122 e. The first-order chi connectivity index (χ1) is 10.1. The minimum atomic E-state index is 0.552. The van der Waals surface area contributed by atoms with Crippen LogP contribution in [0.25, 0.3) is 0 Å². The number of fused-ring (bicyclic) bond motifs is 1. The molecule has 0 bridgehead atoms. The van der Waals surface area contributed by atoms with Gasteiger partial charge < -0.3 is 4.74 Å². The summed E-state index contributed by atoms with van der Waals surface area (Å²) < 4.78 is 6.81. The van der Waals surface area contributed by atoms with Gasteiger partial charge in [0, 0.05) is 10.5 Å². The minimum absolute atomic E-state index is 0.552. The van der Waals surface area contributed by atoms with Gasteiger partial charge in [0.05, 0.1) is 7.11 Å². The molecular formula is C18H28BrNO. The molecule has 0 saturated heterocycles. The van der Waals surface area contributed by atoms with Crippen LogP contribution in [0.15, 0.2) is 16.6 Å². The second-order valence-corrected chi connectivity index (χ2v) is 6.93. The zero-order valence-corrected chi connectivity index (χ0v) is 15.4. The van der Waals surface area contributed by atoms with Crippen molar-refractivity contribution in [3.63, 3.8) is 0 Å². The van der Waals surface area contributed by atoms with E-state index >= 15 is 0 Å². The van der Waals surface area contributed by atoms with Crippen molar-refractivity contribution in [1.29, 1.82) is 0 Å². The Morgan fingerprint density at radius 3 is 2.48 bits per heavy atom. The van der Waals surface area contributed by atoms with Crippen LogP contribution in [0.3, 0.4) is 0 Å². The van der Waals surface area contributed by atoms with Gasteiger partial charge in [-0.1, -0.05) is 36.7 Å². The Morgan fingerprint density at radius 2 is 1.90 bits per heavy atom. The Labute approximate surface area is 138 Å². The molecule has 2 nitrogen and oxygen atoms in total. The monoisotopic (exact) mass is 353 g/mol. The Kier molecular flexibility index (Phi) is 6.12. The van der Waals surface area contributed by atoms with Crippen molar-refractivity contribution < 1.29 is 4.74 Å². The van der Waals surface area contributed by atoms with Crippen LogP contribution in [0.4, 0.5) is 0 Å². The molecule has 0 heterocycles. The van der Waals surface area contributed by atoms with E-state index in [-0.39, 0.29) is 0 Å². The summed E-state index contributed by atoms with van der Waals surface area (Å²) in [6.45, 7) is 9.36. The number of nitrogens with zero attached hydrogens (tertiary/aromatic N) is 1. The Bertz CT molecular complexity index is 469. The van der Waals surface area contributed by atoms with Gasteiger partial charge in [-0.3, -0.25) is 4.90 Å². The quantitative estimate of drug-likeness (QED) is 0.713. The second kappa shape index (κ2) is 7.64. The van der Waals surface area contributed by atoms with Crippen LogP contribution in [-0.4, -0.2) is 31.1 Å². The lowest BCUT2D eigenvalue weighted by Gasteiger charge is -2.40. The van der Waals surface area contributed by atoms with Crippen LogP contribution < -0.4 is 4.74 Å². The molecule has 2 rings (SSSR count). The number of hydrogen-bond donors (Lipinski definition) is 0. The van der Waals surface area contributed by atoms with Crippen LogP contribution in [0, 0.1) is 0 Å². The first-order valence-corrected chi connectivity index (χ1v) is 9.02. The highest BCUT2D eigenvalue weighted by Gasteiger charge is 2.32. The van der Waals surface area contributed by atoms with Crippen molar-refractivity contribution in [2.75, 3.05) is 20.2 Å². The third kappa shape index (κ3) is 3.45. The zero-order valence-electron chi connectivity index (χ0n) is 13.8. The predicted molar refractivity (Wildman–Crippen MR) is 93.4 cm³/mol. The van der Waals surface area contributed by atoms with E-state index in [0.29, 0.717) is 12.0 Å². The molecule has 0 aromatic heterocycles. The molecule has 0 aliphatic heterocycles. The van der Waals surface area contributed by atoms with Gasteiger partial charge in [0.2, 0.25) is 0 Å². The van der Waals surface area contributed by atoms with E-state index < -0.39 is 0 Å². The van der Waals surface area contributed by atoms with E-state index in [4.69, 9.17) is 4.74 Å². The van der Waals surface area contributed by atoms with Crippen molar-refractivity contribution >= 4 is 15.9 Å². The van der Waals surface area contributed by atoms with Crippen LogP contribution in [0.1, 0.15) is 57.1 Å². The highest BCUT2D eigenvalue weighted by Crippen LogP contribution is 2.42. The molecule has 2 unspecified atom stereocenters. The lowest BCUT2D eigenvalue weighted by Crippen LogP contribution is -2.42. The minimum Gasteiger partial charge on any atom is -0.496 e. The molecule has 1 aromatic rings. The van der Waals surface area contributed by atoms with Gasteiger partial charge in [-0.05, 0) is 68.0 Å². The molecule has 1 aliphatic rings. The maximum absolute atomic E-state index is 5.57. The highest BCUT2D eigenvalue weighted by atomic mass is 79.9. The third-order valence-corrected chi connectivity index (χ3v) is 5.39. The van der Waals surface area contributed by atoms with Gasteiger partial charge in [-0.25, -0.2) is 0 Å². The zero-order chi connectivity index (χ0) is 15.4. The number of ether oxygens (including phenoxy) is 1. The maximum Gasteiger partial charge on any atom is 0.122 e. The first-order valence-electron chi connectivity index (χ1n) is 8.23. The molecule has 1 aromatic carbocycles. The van der Waals surface area contributed by atoms with E-state index in [9.17, 15) is 0 Å². The van der Waals surface area contributed by atoms with Crippen molar-refractivity contribution in [3.8, 4) is 5.75 Å². The van der Waals surface area contributed by atoms with Gasteiger partial charge in [0.1, 0.15) is 5.75 Å². The summed E-state index contributed by atoms with van der Waals surface area (Å²) in [5.41, 5.74) is 2.87. The lowest BCUT2D eigenvalue weighted by atomic mass is 9.79. The molecule has 0 radical (unpaired) electrons.